The minimum Gasteiger partial charge on any atom is -0.301 e. The summed E-state index contributed by atoms with van der Waals surface area (Å²) in [6.07, 6.45) is 3.32. The summed E-state index contributed by atoms with van der Waals surface area (Å²) in [5.41, 5.74) is 1.26. The van der Waals surface area contributed by atoms with E-state index in [0.717, 1.165) is 25.9 Å². The van der Waals surface area contributed by atoms with Gasteiger partial charge in [0.15, 0.2) is 0 Å². The number of nitrogens with zero attached hydrogens (tertiary/aromatic N) is 2. The van der Waals surface area contributed by atoms with Crippen molar-refractivity contribution in [2.24, 2.45) is 5.41 Å². The fraction of sp³-hybridized carbons (Fsp3) is 0.389. The van der Waals surface area contributed by atoms with Crippen molar-refractivity contribution in [3.8, 4) is 6.07 Å². The Kier molecular flexibility index (Phi) is 3.46. The fourth-order valence-electron chi connectivity index (χ4n) is 3.20. The summed E-state index contributed by atoms with van der Waals surface area (Å²) < 4.78 is 0. The standard InChI is InChI=1S/C18H20N2/c1-20(14-18(13-19)10-5-11-18)12-16-8-4-7-15-6-2-3-9-17(15)16/h2-4,6-9H,5,10-12,14H2,1H3. The van der Waals surface area contributed by atoms with Crippen molar-refractivity contribution in [2.45, 2.75) is 25.8 Å². The molecule has 1 saturated carbocycles. The average molecular weight is 264 g/mol. The quantitative estimate of drug-likeness (QED) is 0.835. The summed E-state index contributed by atoms with van der Waals surface area (Å²) in [6.45, 7) is 1.79. The largest absolute Gasteiger partial charge is 0.301 e. The molecule has 0 unspecified atom stereocenters. The number of fused-ring (bicyclic) bond motifs is 1. The second-order valence-corrected chi connectivity index (χ2v) is 6.06. The van der Waals surface area contributed by atoms with Gasteiger partial charge in [0.2, 0.25) is 0 Å². The Labute approximate surface area is 120 Å². The molecule has 0 radical (unpaired) electrons. The molecule has 0 amide bonds. The lowest BCUT2D eigenvalue weighted by Gasteiger charge is -2.38. The smallest absolute Gasteiger partial charge is 0.0703 e. The lowest BCUT2D eigenvalue weighted by molar-refractivity contribution is 0.134. The molecule has 2 aromatic rings. The zero-order valence-electron chi connectivity index (χ0n) is 12.0. The summed E-state index contributed by atoms with van der Waals surface area (Å²) >= 11 is 0. The SMILES string of the molecule is CN(Cc1cccc2ccccc12)CC1(C#N)CCC1. The average Bonchev–Trinajstić information content (AvgIpc) is 2.43. The van der Waals surface area contributed by atoms with E-state index in [-0.39, 0.29) is 5.41 Å². The van der Waals surface area contributed by atoms with Crippen LogP contribution in [0.3, 0.4) is 0 Å². The maximum Gasteiger partial charge on any atom is 0.0703 e. The molecular formula is C18H20N2. The number of hydrogen-bond donors (Lipinski definition) is 0. The number of rotatable bonds is 4. The van der Waals surface area contributed by atoms with Crippen LogP contribution >= 0.6 is 0 Å². The Morgan fingerprint density at radius 1 is 1.15 bits per heavy atom. The molecule has 2 aromatic carbocycles. The summed E-state index contributed by atoms with van der Waals surface area (Å²) in [5, 5.41) is 12.0. The van der Waals surface area contributed by atoms with Crippen LogP contribution in [0.2, 0.25) is 0 Å². The van der Waals surface area contributed by atoms with Crippen LogP contribution in [0.4, 0.5) is 0 Å². The van der Waals surface area contributed by atoms with E-state index in [9.17, 15) is 5.26 Å². The minimum atomic E-state index is -0.0840. The first kappa shape index (κ1) is 13.1. The molecule has 2 heteroatoms. The molecular weight excluding hydrogens is 244 g/mol. The van der Waals surface area contributed by atoms with Crippen molar-refractivity contribution >= 4 is 10.8 Å². The van der Waals surface area contributed by atoms with Crippen molar-refractivity contribution in [1.29, 1.82) is 5.26 Å². The molecule has 0 aromatic heterocycles. The van der Waals surface area contributed by atoms with Gasteiger partial charge in [-0.2, -0.15) is 5.26 Å². The highest BCUT2D eigenvalue weighted by atomic mass is 15.1. The van der Waals surface area contributed by atoms with Crippen molar-refractivity contribution in [3.63, 3.8) is 0 Å². The van der Waals surface area contributed by atoms with E-state index in [1.54, 1.807) is 0 Å². The third kappa shape index (κ3) is 2.42. The normalized spacial score (nSPS) is 16.9. The highest BCUT2D eigenvalue weighted by molar-refractivity contribution is 5.85. The maximum absolute atomic E-state index is 9.35. The lowest BCUT2D eigenvalue weighted by atomic mass is 9.69. The Bertz CT molecular complexity index is 645. The van der Waals surface area contributed by atoms with Gasteiger partial charge in [0, 0.05) is 13.1 Å². The van der Waals surface area contributed by atoms with Crippen molar-refractivity contribution in [1.82, 2.24) is 4.90 Å². The van der Waals surface area contributed by atoms with E-state index >= 15 is 0 Å². The van der Waals surface area contributed by atoms with Gasteiger partial charge in [0.05, 0.1) is 11.5 Å². The zero-order valence-corrected chi connectivity index (χ0v) is 12.0. The van der Waals surface area contributed by atoms with Crippen LogP contribution in [-0.4, -0.2) is 18.5 Å². The second-order valence-electron chi connectivity index (χ2n) is 6.06. The van der Waals surface area contributed by atoms with Gasteiger partial charge in [-0.3, -0.25) is 0 Å². The molecule has 0 N–H and O–H groups in total. The van der Waals surface area contributed by atoms with Crippen LogP contribution in [0.5, 0.6) is 0 Å². The molecule has 1 aliphatic carbocycles. The predicted molar refractivity (Wildman–Crippen MR) is 82.2 cm³/mol. The summed E-state index contributed by atoms with van der Waals surface area (Å²) in [4.78, 5) is 2.30. The van der Waals surface area contributed by atoms with Crippen LogP contribution in [-0.2, 0) is 6.54 Å². The van der Waals surface area contributed by atoms with Crippen molar-refractivity contribution in [3.05, 3.63) is 48.0 Å². The monoisotopic (exact) mass is 264 g/mol. The highest BCUT2D eigenvalue weighted by Crippen LogP contribution is 2.40. The first-order valence-electron chi connectivity index (χ1n) is 7.29. The van der Waals surface area contributed by atoms with Crippen LogP contribution < -0.4 is 0 Å². The van der Waals surface area contributed by atoms with E-state index in [4.69, 9.17) is 0 Å². The first-order chi connectivity index (χ1) is 9.72. The van der Waals surface area contributed by atoms with Crippen LogP contribution in [0.15, 0.2) is 42.5 Å². The van der Waals surface area contributed by atoms with Gasteiger partial charge in [0.1, 0.15) is 0 Å². The number of nitriles is 1. The minimum absolute atomic E-state index is 0.0840. The van der Waals surface area contributed by atoms with Crippen LogP contribution in [0.25, 0.3) is 10.8 Å². The fourth-order valence-corrected chi connectivity index (χ4v) is 3.20. The molecule has 1 aliphatic rings. The van der Waals surface area contributed by atoms with E-state index < -0.39 is 0 Å². The summed E-state index contributed by atoms with van der Waals surface area (Å²) in [5.74, 6) is 0. The summed E-state index contributed by atoms with van der Waals surface area (Å²) in [7, 11) is 2.12. The number of benzene rings is 2. The molecule has 20 heavy (non-hydrogen) atoms. The maximum atomic E-state index is 9.35. The zero-order chi connectivity index (χ0) is 14.0. The molecule has 0 spiro atoms. The van der Waals surface area contributed by atoms with Crippen LogP contribution in [0.1, 0.15) is 24.8 Å². The van der Waals surface area contributed by atoms with Gasteiger partial charge in [-0.15, -0.1) is 0 Å². The molecule has 102 valence electrons. The first-order valence-corrected chi connectivity index (χ1v) is 7.29. The third-order valence-corrected chi connectivity index (χ3v) is 4.44. The van der Waals surface area contributed by atoms with E-state index in [1.807, 2.05) is 0 Å². The lowest BCUT2D eigenvalue weighted by Crippen LogP contribution is -2.39. The molecule has 0 aliphatic heterocycles. The van der Waals surface area contributed by atoms with Gasteiger partial charge >= 0.3 is 0 Å². The number of hydrogen-bond acceptors (Lipinski definition) is 2. The molecule has 0 atom stereocenters. The van der Waals surface area contributed by atoms with Crippen molar-refractivity contribution < 1.29 is 0 Å². The van der Waals surface area contributed by atoms with Gasteiger partial charge < -0.3 is 4.90 Å². The van der Waals surface area contributed by atoms with Gasteiger partial charge in [0.25, 0.3) is 0 Å². The third-order valence-electron chi connectivity index (χ3n) is 4.44. The Hall–Kier alpha value is -1.85. The topological polar surface area (TPSA) is 27.0 Å². The van der Waals surface area contributed by atoms with Gasteiger partial charge in [-0.25, -0.2) is 0 Å². The van der Waals surface area contributed by atoms with E-state index in [2.05, 4.69) is 60.5 Å². The van der Waals surface area contributed by atoms with E-state index in [1.165, 1.54) is 22.8 Å². The van der Waals surface area contributed by atoms with Crippen molar-refractivity contribution in [2.75, 3.05) is 13.6 Å². The Morgan fingerprint density at radius 3 is 2.60 bits per heavy atom. The Balaban J connectivity index is 1.78. The van der Waals surface area contributed by atoms with E-state index in [0.29, 0.717) is 0 Å². The molecule has 0 saturated heterocycles. The van der Waals surface area contributed by atoms with Gasteiger partial charge in [-0.1, -0.05) is 48.9 Å². The molecule has 3 rings (SSSR count). The van der Waals surface area contributed by atoms with Gasteiger partial charge in [-0.05, 0) is 36.2 Å². The molecule has 0 bridgehead atoms. The predicted octanol–water partition coefficient (Wildman–Crippen LogP) is 3.97. The van der Waals surface area contributed by atoms with Crippen LogP contribution in [0, 0.1) is 16.7 Å². The Morgan fingerprint density at radius 2 is 1.90 bits per heavy atom. The molecule has 0 heterocycles. The molecule has 1 fully saturated rings. The highest BCUT2D eigenvalue weighted by Gasteiger charge is 2.37. The molecule has 2 nitrogen and oxygen atoms in total. The second kappa shape index (κ2) is 5.26. The summed E-state index contributed by atoms with van der Waals surface area (Å²) in [6, 6.07) is 17.5.